The van der Waals surface area contributed by atoms with E-state index < -0.39 is 23.4 Å². The summed E-state index contributed by atoms with van der Waals surface area (Å²) in [5.41, 5.74) is 3.12. The van der Waals surface area contributed by atoms with Gasteiger partial charge < -0.3 is 15.4 Å². The summed E-state index contributed by atoms with van der Waals surface area (Å²) >= 11 is 0. The first kappa shape index (κ1) is 26.3. The van der Waals surface area contributed by atoms with Crippen molar-refractivity contribution in [3.05, 3.63) is 138 Å². The van der Waals surface area contributed by atoms with Gasteiger partial charge in [-0.2, -0.15) is 0 Å². The van der Waals surface area contributed by atoms with E-state index in [1.54, 1.807) is 60.7 Å². The number of carbonyl (C=O) groups excluding carboxylic acids is 2. The van der Waals surface area contributed by atoms with E-state index in [2.05, 4.69) is 10.6 Å². The van der Waals surface area contributed by atoms with Gasteiger partial charge in [0.15, 0.2) is 0 Å². The predicted molar refractivity (Wildman–Crippen MR) is 153 cm³/mol. The molecule has 40 heavy (non-hydrogen) atoms. The molecule has 0 saturated carbocycles. The fourth-order valence-corrected chi connectivity index (χ4v) is 4.31. The molecule has 5 nitrogen and oxygen atoms in total. The van der Waals surface area contributed by atoms with Gasteiger partial charge in [-0.25, -0.2) is 8.78 Å². The number of carbonyl (C=O) groups is 2. The largest absolute Gasteiger partial charge is 0.496 e. The van der Waals surface area contributed by atoms with Crippen molar-refractivity contribution in [1.29, 1.82) is 0 Å². The van der Waals surface area contributed by atoms with Crippen LogP contribution in [-0.2, 0) is 0 Å². The van der Waals surface area contributed by atoms with Crippen LogP contribution in [-0.4, -0.2) is 18.9 Å². The van der Waals surface area contributed by atoms with Crippen LogP contribution in [0.5, 0.6) is 5.75 Å². The molecule has 5 aromatic carbocycles. The maximum Gasteiger partial charge on any atom is 0.259 e. The topological polar surface area (TPSA) is 67.4 Å². The Morgan fingerprint density at radius 1 is 0.600 bits per heavy atom. The van der Waals surface area contributed by atoms with E-state index in [0.717, 1.165) is 0 Å². The molecule has 0 radical (unpaired) electrons. The normalized spacial score (nSPS) is 10.6. The SMILES string of the molecule is COc1ccc(C(=O)Nc2ccc(F)c(-c3ccccc3)c2)cc1C(=O)Nc1ccc(F)c(-c2ccccc2)c1. The Kier molecular flexibility index (Phi) is 7.64. The number of methoxy groups -OCH3 is 1. The Bertz CT molecular complexity index is 1690. The van der Waals surface area contributed by atoms with Crippen LogP contribution < -0.4 is 15.4 Å². The molecule has 0 heterocycles. The quantitative estimate of drug-likeness (QED) is 0.224. The van der Waals surface area contributed by atoms with Crippen LogP contribution in [0, 0.1) is 11.6 Å². The molecule has 0 unspecified atom stereocenters. The summed E-state index contributed by atoms with van der Waals surface area (Å²) in [6.07, 6.45) is 0. The molecule has 0 atom stereocenters. The molecule has 0 spiro atoms. The number of anilines is 2. The van der Waals surface area contributed by atoms with Crippen molar-refractivity contribution in [2.45, 2.75) is 0 Å². The lowest BCUT2D eigenvalue weighted by molar-refractivity contribution is 0.102. The molecule has 0 saturated heterocycles. The third kappa shape index (κ3) is 5.73. The zero-order chi connectivity index (χ0) is 28.1. The van der Waals surface area contributed by atoms with Crippen molar-refractivity contribution >= 4 is 23.2 Å². The maximum absolute atomic E-state index is 14.5. The Morgan fingerprint density at radius 2 is 1.10 bits per heavy atom. The second-order valence-corrected chi connectivity index (χ2v) is 8.94. The average Bonchev–Trinajstić information content (AvgIpc) is 2.99. The molecule has 0 aliphatic heterocycles. The first-order chi connectivity index (χ1) is 19.4. The monoisotopic (exact) mass is 534 g/mol. The minimum atomic E-state index is -0.537. The van der Waals surface area contributed by atoms with Crippen molar-refractivity contribution in [2.75, 3.05) is 17.7 Å². The Labute approximate surface area is 230 Å². The molecular formula is C33H24F2N2O3. The van der Waals surface area contributed by atoms with Crippen molar-refractivity contribution in [1.82, 2.24) is 0 Å². The van der Waals surface area contributed by atoms with Gasteiger partial charge in [-0.3, -0.25) is 9.59 Å². The number of hydrogen-bond donors (Lipinski definition) is 2. The fourth-order valence-electron chi connectivity index (χ4n) is 4.31. The lowest BCUT2D eigenvalue weighted by Gasteiger charge is -2.13. The minimum absolute atomic E-state index is 0.116. The van der Waals surface area contributed by atoms with Crippen molar-refractivity contribution in [3.8, 4) is 28.0 Å². The Hall–Kier alpha value is -5.30. The van der Waals surface area contributed by atoms with Crippen LogP contribution in [0.1, 0.15) is 20.7 Å². The van der Waals surface area contributed by atoms with Crippen molar-refractivity contribution < 1.29 is 23.1 Å². The number of ether oxygens (including phenoxy) is 1. The molecule has 5 aromatic rings. The summed E-state index contributed by atoms with van der Waals surface area (Å²) in [7, 11) is 1.42. The highest BCUT2D eigenvalue weighted by atomic mass is 19.1. The van der Waals surface area contributed by atoms with E-state index in [-0.39, 0.29) is 16.9 Å². The fraction of sp³-hybridized carbons (Fsp3) is 0.0303. The first-order valence-corrected chi connectivity index (χ1v) is 12.4. The molecule has 0 aliphatic carbocycles. The van der Waals surface area contributed by atoms with Crippen LogP contribution in [0.15, 0.2) is 115 Å². The van der Waals surface area contributed by atoms with E-state index in [1.807, 2.05) is 12.1 Å². The highest BCUT2D eigenvalue weighted by Gasteiger charge is 2.18. The van der Waals surface area contributed by atoms with Gasteiger partial charge in [0.25, 0.3) is 11.8 Å². The van der Waals surface area contributed by atoms with Crippen LogP contribution in [0.4, 0.5) is 20.2 Å². The summed E-state index contributed by atoms with van der Waals surface area (Å²) in [5, 5.41) is 5.52. The van der Waals surface area contributed by atoms with Crippen molar-refractivity contribution in [3.63, 3.8) is 0 Å². The molecule has 0 aromatic heterocycles. The lowest BCUT2D eigenvalue weighted by atomic mass is 10.0. The third-order valence-electron chi connectivity index (χ3n) is 6.32. The summed E-state index contributed by atoms with van der Waals surface area (Å²) in [5.74, 6) is -1.60. The molecular weight excluding hydrogens is 510 g/mol. The molecule has 7 heteroatoms. The summed E-state index contributed by atoms with van der Waals surface area (Å²) in [6, 6.07) is 31.0. The molecule has 198 valence electrons. The van der Waals surface area contributed by atoms with E-state index >= 15 is 0 Å². The van der Waals surface area contributed by atoms with Gasteiger partial charge in [0.2, 0.25) is 0 Å². The van der Waals surface area contributed by atoms with E-state index in [9.17, 15) is 18.4 Å². The second-order valence-electron chi connectivity index (χ2n) is 8.94. The van der Waals surface area contributed by atoms with Gasteiger partial charge in [-0.15, -0.1) is 0 Å². The smallest absolute Gasteiger partial charge is 0.259 e. The van der Waals surface area contributed by atoms with Gasteiger partial charge in [0.1, 0.15) is 17.4 Å². The second kappa shape index (κ2) is 11.6. The molecule has 2 amide bonds. The summed E-state index contributed by atoms with van der Waals surface area (Å²) in [4.78, 5) is 26.3. The van der Waals surface area contributed by atoms with Gasteiger partial charge in [-0.05, 0) is 65.7 Å². The minimum Gasteiger partial charge on any atom is -0.496 e. The number of rotatable bonds is 7. The van der Waals surface area contributed by atoms with Crippen LogP contribution in [0.3, 0.4) is 0 Å². The van der Waals surface area contributed by atoms with Crippen LogP contribution in [0.2, 0.25) is 0 Å². The predicted octanol–water partition coefficient (Wildman–Crippen LogP) is 7.81. The molecule has 2 N–H and O–H groups in total. The van der Waals surface area contributed by atoms with E-state index in [0.29, 0.717) is 33.6 Å². The number of hydrogen-bond acceptors (Lipinski definition) is 3. The lowest BCUT2D eigenvalue weighted by Crippen LogP contribution is -2.17. The van der Waals surface area contributed by atoms with Crippen molar-refractivity contribution in [2.24, 2.45) is 0 Å². The van der Waals surface area contributed by atoms with Gasteiger partial charge in [0, 0.05) is 28.1 Å². The zero-order valence-electron chi connectivity index (χ0n) is 21.5. The Balaban J connectivity index is 1.38. The van der Waals surface area contributed by atoms with E-state index in [4.69, 9.17) is 4.74 Å². The van der Waals surface area contributed by atoms with Gasteiger partial charge >= 0.3 is 0 Å². The van der Waals surface area contributed by atoms with E-state index in [1.165, 1.54) is 49.6 Å². The Morgan fingerprint density at radius 3 is 1.60 bits per heavy atom. The van der Waals surface area contributed by atoms with Gasteiger partial charge in [-0.1, -0.05) is 60.7 Å². The number of benzene rings is 5. The van der Waals surface area contributed by atoms with Crippen LogP contribution in [0.25, 0.3) is 22.3 Å². The highest BCUT2D eigenvalue weighted by molar-refractivity contribution is 6.10. The molecule has 0 fully saturated rings. The summed E-state index contributed by atoms with van der Waals surface area (Å²) in [6.45, 7) is 0. The average molecular weight is 535 g/mol. The molecule has 0 bridgehead atoms. The standard InChI is InChI=1S/C33H24F2N2O3/c1-40-31-17-12-23(32(38)36-24-13-15-29(34)26(19-24)21-8-4-2-5-9-21)18-28(31)33(39)37-25-14-16-30(35)27(20-25)22-10-6-3-7-11-22/h2-20H,1H3,(H,36,38)(H,37,39). The van der Waals surface area contributed by atoms with Crippen LogP contribution >= 0.6 is 0 Å². The number of nitrogens with one attached hydrogen (secondary N) is 2. The number of halogens is 2. The molecule has 5 rings (SSSR count). The third-order valence-corrected chi connectivity index (χ3v) is 6.32. The number of amides is 2. The first-order valence-electron chi connectivity index (χ1n) is 12.4. The highest BCUT2D eigenvalue weighted by Crippen LogP contribution is 2.29. The van der Waals surface area contributed by atoms with Gasteiger partial charge in [0.05, 0.1) is 12.7 Å². The maximum atomic E-state index is 14.5. The molecule has 0 aliphatic rings. The zero-order valence-corrected chi connectivity index (χ0v) is 21.5. The summed E-state index contributed by atoms with van der Waals surface area (Å²) < 4.78 is 34.3.